The topological polar surface area (TPSA) is 56.1 Å². The molecule has 0 radical (unpaired) electrons. The standard InChI is InChI=1S/C27H29N3O2/c1-21-10-5-8-15-25(21)32-19-18-30-24-14-7-6-13-23(24)29-26(30)16-9-17-28-27(31)20-22-11-3-2-4-12-22/h2-8,10-15H,9,16-20H2,1H3,(H,28,31). The number of para-hydroxylation sites is 3. The van der Waals surface area contributed by atoms with Gasteiger partial charge in [-0.1, -0.05) is 60.7 Å². The number of rotatable bonds is 10. The average Bonchev–Trinajstić information content (AvgIpc) is 3.16. The fourth-order valence-electron chi connectivity index (χ4n) is 3.85. The third-order valence-electron chi connectivity index (χ3n) is 5.51. The maximum atomic E-state index is 12.2. The molecule has 1 N–H and O–H groups in total. The number of carbonyl (C=O) groups excluding carboxylic acids is 1. The first-order valence-corrected chi connectivity index (χ1v) is 11.1. The van der Waals surface area contributed by atoms with Crippen molar-refractivity contribution in [2.45, 2.75) is 32.7 Å². The molecule has 1 heterocycles. The van der Waals surface area contributed by atoms with Crippen molar-refractivity contribution in [1.29, 1.82) is 0 Å². The van der Waals surface area contributed by atoms with Crippen LogP contribution in [0.3, 0.4) is 0 Å². The predicted molar refractivity (Wildman–Crippen MR) is 128 cm³/mol. The molecule has 5 heteroatoms. The second-order valence-corrected chi connectivity index (χ2v) is 7.90. The highest BCUT2D eigenvalue weighted by molar-refractivity contribution is 5.78. The third kappa shape index (κ3) is 5.55. The van der Waals surface area contributed by atoms with E-state index in [1.807, 2.05) is 66.7 Å². The van der Waals surface area contributed by atoms with Gasteiger partial charge in [0.15, 0.2) is 0 Å². The second kappa shape index (κ2) is 10.6. The number of fused-ring (bicyclic) bond motifs is 1. The molecule has 0 atom stereocenters. The van der Waals surface area contributed by atoms with Crippen molar-refractivity contribution in [2.24, 2.45) is 0 Å². The monoisotopic (exact) mass is 427 g/mol. The zero-order valence-corrected chi connectivity index (χ0v) is 18.5. The molecular formula is C27H29N3O2. The van der Waals surface area contributed by atoms with Crippen LogP contribution in [0.2, 0.25) is 0 Å². The molecule has 1 amide bonds. The third-order valence-corrected chi connectivity index (χ3v) is 5.51. The van der Waals surface area contributed by atoms with Gasteiger partial charge in [0.25, 0.3) is 0 Å². The Hall–Kier alpha value is -3.60. The Kier molecular flexibility index (Phi) is 7.18. The van der Waals surface area contributed by atoms with Crippen molar-refractivity contribution < 1.29 is 9.53 Å². The van der Waals surface area contributed by atoms with Gasteiger partial charge in [0.05, 0.1) is 24.0 Å². The zero-order chi connectivity index (χ0) is 22.2. The molecule has 0 fully saturated rings. The minimum absolute atomic E-state index is 0.0522. The van der Waals surface area contributed by atoms with Crippen LogP contribution in [0.1, 0.15) is 23.4 Å². The summed E-state index contributed by atoms with van der Waals surface area (Å²) in [6.45, 7) is 3.99. The lowest BCUT2D eigenvalue weighted by Crippen LogP contribution is -2.26. The minimum atomic E-state index is 0.0522. The van der Waals surface area contributed by atoms with Crippen LogP contribution < -0.4 is 10.1 Å². The van der Waals surface area contributed by atoms with Gasteiger partial charge in [-0.05, 0) is 42.7 Å². The first-order chi connectivity index (χ1) is 15.7. The number of benzene rings is 3. The molecule has 1 aromatic heterocycles. The quantitative estimate of drug-likeness (QED) is 0.373. The number of nitrogens with one attached hydrogen (secondary N) is 1. The summed E-state index contributed by atoms with van der Waals surface area (Å²) in [4.78, 5) is 17.0. The lowest BCUT2D eigenvalue weighted by molar-refractivity contribution is -0.120. The first kappa shape index (κ1) is 21.6. The van der Waals surface area contributed by atoms with Gasteiger partial charge in [-0.3, -0.25) is 4.79 Å². The maximum absolute atomic E-state index is 12.2. The molecule has 164 valence electrons. The summed E-state index contributed by atoms with van der Waals surface area (Å²) in [6.07, 6.45) is 2.04. The number of amides is 1. The van der Waals surface area contributed by atoms with E-state index in [9.17, 15) is 4.79 Å². The molecule has 5 nitrogen and oxygen atoms in total. The molecule has 32 heavy (non-hydrogen) atoms. The Bertz CT molecular complexity index is 1170. The zero-order valence-electron chi connectivity index (χ0n) is 18.5. The van der Waals surface area contributed by atoms with Crippen molar-refractivity contribution in [3.8, 4) is 5.75 Å². The fourth-order valence-corrected chi connectivity index (χ4v) is 3.85. The van der Waals surface area contributed by atoms with Crippen molar-refractivity contribution in [2.75, 3.05) is 13.2 Å². The van der Waals surface area contributed by atoms with E-state index in [2.05, 4.69) is 28.9 Å². The summed E-state index contributed by atoms with van der Waals surface area (Å²) in [6, 6.07) is 26.1. The van der Waals surface area contributed by atoms with Gasteiger partial charge >= 0.3 is 0 Å². The molecule has 4 rings (SSSR count). The van der Waals surface area contributed by atoms with E-state index in [0.29, 0.717) is 19.6 Å². The predicted octanol–water partition coefficient (Wildman–Crippen LogP) is 4.72. The summed E-state index contributed by atoms with van der Waals surface area (Å²) in [5.41, 5.74) is 4.27. The fraction of sp³-hybridized carbons (Fsp3) is 0.259. The van der Waals surface area contributed by atoms with Crippen LogP contribution in [-0.2, 0) is 24.2 Å². The highest BCUT2D eigenvalue weighted by Crippen LogP contribution is 2.19. The summed E-state index contributed by atoms with van der Waals surface area (Å²) in [5.74, 6) is 1.99. The van der Waals surface area contributed by atoms with E-state index in [1.165, 1.54) is 0 Å². The number of carbonyl (C=O) groups is 1. The van der Waals surface area contributed by atoms with Crippen molar-refractivity contribution in [1.82, 2.24) is 14.9 Å². The van der Waals surface area contributed by atoms with E-state index in [1.54, 1.807) is 0 Å². The Balaban J connectivity index is 1.33. The SMILES string of the molecule is Cc1ccccc1OCCn1c(CCCNC(=O)Cc2ccccc2)nc2ccccc21. The molecule has 0 saturated heterocycles. The van der Waals surface area contributed by atoms with Crippen LogP contribution in [-0.4, -0.2) is 28.6 Å². The Morgan fingerprint density at radius 3 is 2.56 bits per heavy atom. The lowest BCUT2D eigenvalue weighted by atomic mass is 10.1. The van der Waals surface area contributed by atoms with Crippen LogP contribution in [0.15, 0.2) is 78.9 Å². The van der Waals surface area contributed by atoms with Gasteiger partial charge in [0, 0.05) is 13.0 Å². The number of aromatic nitrogens is 2. The molecule has 0 bridgehead atoms. The van der Waals surface area contributed by atoms with Crippen LogP contribution >= 0.6 is 0 Å². The lowest BCUT2D eigenvalue weighted by Gasteiger charge is -2.12. The smallest absolute Gasteiger partial charge is 0.224 e. The van der Waals surface area contributed by atoms with Gasteiger partial charge in [-0.2, -0.15) is 0 Å². The molecule has 0 spiro atoms. The van der Waals surface area contributed by atoms with E-state index in [-0.39, 0.29) is 5.91 Å². The minimum Gasteiger partial charge on any atom is -0.491 e. The van der Waals surface area contributed by atoms with Crippen molar-refractivity contribution >= 4 is 16.9 Å². The molecule has 0 aliphatic rings. The number of ether oxygens (including phenoxy) is 1. The number of nitrogens with zero attached hydrogens (tertiary/aromatic N) is 2. The summed E-state index contributed by atoms with van der Waals surface area (Å²) in [5, 5.41) is 3.02. The average molecular weight is 428 g/mol. The molecule has 3 aromatic carbocycles. The molecule has 4 aromatic rings. The van der Waals surface area contributed by atoms with Crippen LogP contribution in [0.4, 0.5) is 0 Å². The Labute approximate surface area is 189 Å². The van der Waals surface area contributed by atoms with E-state index in [4.69, 9.17) is 9.72 Å². The van der Waals surface area contributed by atoms with E-state index >= 15 is 0 Å². The number of hydrogen-bond donors (Lipinski definition) is 1. The van der Waals surface area contributed by atoms with Gasteiger partial charge in [0.2, 0.25) is 5.91 Å². The summed E-state index contributed by atoms with van der Waals surface area (Å²) >= 11 is 0. The molecule has 0 saturated carbocycles. The van der Waals surface area contributed by atoms with Crippen LogP contribution in [0, 0.1) is 6.92 Å². The van der Waals surface area contributed by atoms with Gasteiger partial charge in [-0.25, -0.2) is 4.98 Å². The first-order valence-electron chi connectivity index (χ1n) is 11.1. The highest BCUT2D eigenvalue weighted by atomic mass is 16.5. The van der Waals surface area contributed by atoms with Crippen molar-refractivity contribution in [3.63, 3.8) is 0 Å². The van der Waals surface area contributed by atoms with Crippen LogP contribution in [0.5, 0.6) is 5.75 Å². The largest absolute Gasteiger partial charge is 0.491 e. The van der Waals surface area contributed by atoms with Crippen molar-refractivity contribution in [3.05, 3.63) is 95.8 Å². The maximum Gasteiger partial charge on any atom is 0.224 e. The Morgan fingerprint density at radius 2 is 1.72 bits per heavy atom. The second-order valence-electron chi connectivity index (χ2n) is 7.90. The summed E-state index contributed by atoms with van der Waals surface area (Å²) < 4.78 is 8.26. The molecule has 0 unspecified atom stereocenters. The van der Waals surface area contributed by atoms with Gasteiger partial charge in [0.1, 0.15) is 18.2 Å². The molecular weight excluding hydrogens is 398 g/mol. The summed E-state index contributed by atoms with van der Waals surface area (Å²) in [7, 11) is 0. The molecule has 0 aliphatic carbocycles. The normalized spacial score (nSPS) is 10.9. The number of hydrogen-bond acceptors (Lipinski definition) is 3. The number of imidazole rings is 1. The molecule has 0 aliphatic heterocycles. The van der Waals surface area contributed by atoms with E-state index in [0.717, 1.165) is 53.1 Å². The van der Waals surface area contributed by atoms with Gasteiger partial charge in [-0.15, -0.1) is 0 Å². The Morgan fingerprint density at radius 1 is 0.969 bits per heavy atom. The van der Waals surface area contributed by atoms with Crippen LogP contribution in [0.25, 0.3) is 11.0 Å². The number of aryl methyl sites for hydroxylation is 2. The van der Waals surface area contributed by atoms with Gasteiger partial charge < -0.3 is 14.6 Å². The highest BCUT2D eigenvalue weighted by Gasteiger charge is 2.11. The van der Waals surface area contributed by atoms with E-state index < -0.39 is 0 Å².